The zero-order valence-corrected chi connectivity index (χ0v) is 18.6. The minimum absolute atomic E-state index is 0.174. The van der Waals surface area contributed by atoms with Crippen LogP contribution in [0.5, 0.6) is 5.75 Å². The number of nitrogens with one attached hydrogen (secondary N) is 3. The van der Waals surface area contributed by atoms with Crippen molar-refractivity contribution >= 4 is 34.7 Å². The van der Waals surface area contributed by atoms with Crippen molar-refractivity contribution in [3.63, 3.8) is 0 Å². The number of carboxylic acid groups (broad SMARTS) is 1. The summed E-state index contributed by atoms with van der Waals surface area (Å²) in [6.45, 7) is 1.34. The smallest absolute Gasteiger partial charge is 0.338 e. The van der Waals surface area contributed by atoms with Gasteiger partial charge in [0.05, 0.1) is 12.8 Å². The average molecular weight is 438 g/mol. The van der Waals surface area contributed by atoms with Gasteiger partial charge in [-0.05, 0) is 63.5 Å². The number of benzene rings is 2. The SMILES string of the molecule is CNC(=O)c1ccc2c(c1)C(Nc1ccc(OC)cc1)=C(C(=O)O)C(C(C)=O)(N(C)C)N2. The Balaban J connectivity index is 2.32. The third-order valence-electron chi connectivity index (χ3n) is 5.46. The Morgan fingerprint density at radius 1 is 1.09 bits per heavy atom. The van der Waals surface area contributed by atoms with Gasteiger partial charge in [0.2, 0.25) is 0 Å². The van der Waals surface area contributed by atoms with E-state index in [1.165, 1.54) is 18.9 Å². The summed E-state index contributed by atoms with van der Waals surface area (Å²) in [5, 5.41) is 19.1. The lowest BCUT2D eigenvalue weighted by atomic mass is 9.84. The highest BCUT2D eigenvalue weighted by atomic mass is 16.5. The number of Topliss-reactive ketones (excluding diaryl/α,β-unsaturated/α-hetero) is 1. The van der Waals surface area contributed by atoms with Crippen LogP contribution in [0.25, 0.3) is 5.70 Å². The Morgan fingerprint density at radius 2 is 1.75 bits per heavy atom. The van der Waals surface area contributed by atoms with Gasteiger partial charge in [-0.3, -0.25) is 14.5 Å². The van der Waals surface area contributed by atoms with E-state index in [-0.39, 0.29) is 17.2 Å². The highest BCUT2D eigenvalue weighted by molar-refractivity contribution is 6.13. The molecule has 0 fully saturated rings. The van der Waals surface area contributed by atoms with Crippen molar-refractivity contribution < 1.29 is 24.2 Å². The van der Waals surface area contributed by atoms with Gasteiger partial charge >= 0.3 is 5.97 Å². The van der Waals surface area contributed by atoms with Crippen molar-refractivity contribution in [1.82, 2.24) is 10.2 Å². The predicted octanol–water partition coefficient (Wildman–Crippen LogP) is 2.23. The number of ketones is 1. The van der Waals surface area contributed by atoms with Crippen LogP contribution in [0.1, 0.15) is 22.8 Å². The molecule has 1 atom stereocenters. The van der Waals surface area contributed by atoms with Gasteiger partial charge in [-0.2, -0.15) is 0 Å². The summed E-state index contributed by atoms with van der Waals surface area (Å²) >= 11 is 0. The lowest BCUT2D eigenvalue weighted by molar-refractivity contribution is -0.137. The molecule has 1 amide bonds. The number of ether oxygens (including phenoxy) is 1. The van der Waals surface area contributed by atoms with E-state index < -0.39 is 17.4 Å². The number of nitrogens with zero attached hydrogens (tertiary/aromatic N) is 1. The molecule has 0 radical (unpaired) electrons. The number of aliphatic carboxylic acids is 1. The molecule has 1 aliphatic rings. The van der Waals surface area contributed by atoms with Crippen LogP contribution in [0.4, 0.5) is 11.4 Å². The Bertz CT molecular complexity index is 1110. The fourth-order valence-electron chi connectivity index (χ4n) is 3.84. The lowest BCUT2D eigenvalue weighted by Gasteiger charge is -2.44. The molecule has 0 saturated heterocycles. The summed E-state index contributed by atoms with van der Waals surface area (Å²) in [6.07, 6.45) is 0. The molecular weight excluding hydrogens is 412 g/mol. The molecule has 1 aliphatic heterocycles. The van der Waals surface area contributed by atoms with Gasteiger partial charge in [0.1, 0.15) is 11.3 Å². The van der Waals surface area contributed by atoms with Gasteiger partial charge in [0.25, 0.3) is 5.91 Å². The molecule has 1 heterocycles. The zero-order valence-electron chi connectivity index (χ0n) is 18.6. The fourth-order valence-corrected chi connectivity index (χ4v) is 3.84. The summed E-state index contributed by atoms with van der Waals surface area (Å²) in [5.41, 5.74) is 0.335. The maximum absolute atomic E-state index is 12.9. The monoisotopic (exact) mass is 438 g/mol. The molecule has 0 bridgehead atoms. The molecule has 9 nitrogen and oxygen atoms in total. The fraction of sp³-hybridized carbons (Fsp3) is 0.261. The molecule has 9 heteroatoms. The van der Waals surface area contributed by atoms with E-state index in [9.17, 15) is 19.5 Å². The highest BCUT2D eigenvalue weighted by Crippen LogP contribution is 2.41. The number of amides is 1. The third-order valence-corrected chi connectivity index (χ3v) is 5.46. The summed E-state index contributed by atoms with van der Waals surface area (Å²) in [6, 6.07) is 11.8. The molecule has 2 aromatic carbocycles. The molecule has 3 rings (SSSR count). The van der Waals surface area contributed by atoms with Crippen LogP contribution in [0, 0.1) is 0 Å². The Morgan fingerprint density at radius 3 is 2.25 bits per heavy atom. The van der Waals surface area contributed by atoms with Crippen LogP contribution < -0.4 is 20.7 Å². The van der Waals surface area contributed by atoms with Crippen molar-refractivity contribution in [3.05, 3.63) is 59.2 Å². The van der Waals surface area contributed by atoms with E-state index in [1.54, 1.807) is 63.7 Å². The van der Waals surface area contributed by atoms with Crippen LogP contribution >= 0.6 is 0 Å². The average Bonchev–Trinajstić information content (AvgIpc) is 2.77. The number of hydrogen-bond donors (Lipinski definition) is 4. The molecule has 32 heavy (non-hydrogen) atoms. The Labute approximate surface area is 186 Å². The van der Waals surface area contributed by atoms with Gasteiger partial charge in [-0.15, -0.1) is 0 Å². The lowest BCUT2D eigenvalue weighted by Crippen LogP contribution is -2.61. The minimum Gasteiger partial charge on any atom is -0.497 e. The number of hydrogen-bond acceptors (Lipinski definition) is 7. The quantitative estimate of drug-likeness (QED) is 0.520. The number of carbonyl (C=O) groups is 3. The first kappa shape index (κ1) is 22.8. The summed E-state index contributed by atoms with van der Waals surface area (Å²) in [7, 11) is 6.33. The molecule has 0 aromatic heterocycles. The number of carbonyl (C=O) groups excluding carboxylic acids is 2. The van der Waals surface area contributed by atoms with Gasteiger partial charge in [-0.25, -0.2) is 4.79 Å². The summed E-state index contributed by atoms with van der Waals surface area (Å²) in [5.74, 6) is -1.34. The van der Waals surface area contributed by atoms with E-state index in [4.69, 9.17) is 4.74 Å². The maximum Gasteiger partial charge on any atom is 0.338 e. The van der Waals surface area contributed by atoms with Crippen molar-refractivity contribution in [1.29, 1.82) is 0 Å². The van der Waals surface area contributed by atoms with E-state index in [0.717, 1.165) is 0 Å². The van der Waals surface area contributed by atoms with E-state index in [2.05, 4.69) is 16.0 Å². The second-order valence-electron chi connectivity index (χ2n) is 7.53. The van der Waals surface area contributed by atoms with Crippen LogP contribution in [-0.2, 0) is 9.59 Å². The Hall–Kier alpha value is -3.85. The van der Waals surface area contributed by atoms with Crippen LogP contribution in [0.15, 0.2) is 48.0 Å². The molecule has 2 aromatic rings. The van der Waals surface area contributed by atoms with Crippen LogP contribution in [-0.4, -0.2) is 61.6 Å². The van der Waals surface area contributed by atoms with Gasteiger partial charge in [-0.1, -0.05) is 0 Å². The summed E-state index contributed by atoms with van der Waals surface area (Å²) < 4.78 is 5.19. The van der Waals surface area contributed by atoms with E-state index in [1.807, 2.05) is 0 Å². The number of carboxylic acids is 1. The van der Waals surface area contributed by atoms with Crippen molar-refractivity contribution in [2.24, 2.45) is 0 Å². The van der Waals surface area contributed by atoms with Gasteiger partial charge in [0, 0.05) is 29.5 Å². The van der Waals surface area contributed by atoms with Crippen molar-refractivity contribution in [2.75, 3.05) is 38.9 Å². The molecule has 1 unspecified atom stereocenters. The number of anilines is 2. The molecule has 0 aliphatic carbocycles. The maximum atomic E-state index is 12.9. The van der Waals surface area contributed by atoms with Crippen molar-refractivity contribution in [2.45, 2.75) is 12.6 Å². The van der Waals surface area contributed by atoms with E-state index in [0.29, 0.717) is 28.3 Å². The standard InChI is InChI=1S/C23H26N4O5/c1-13(28)23(27(3)4)19(22(30)31)20(25-15-7-9-16(32-5)10-8-15)17-12-14(21(29)24-2)6-11-18(17)26-23/h6-12,25-26H,1-5H3,(H,24,29)(H,30,31). The molecule has 168 valence electrons. The number of fused-ring (bicyclic) bond motifs is 1. The third kappa shape index (κ3) is 3.78. The Kier molecular flexibility index (Phi) is 6.22. The van der Waals surface area contributed by atoms with Gasteiger partial charge < -0.3 is 25.8 Å². The normalized spacial score (nSPS) is 17.3. The molecule has 0 saturated carbocycles. The zero-order chi connectivity index (χ0) is 23.6. The van der Waals surface area contributed by atoms with Crippen LogP contribution in [0.3, 0.4) is 0 Å². The van der Waals surface area contributed by atoms with Crippen LogP contribution in [0.2, 0.25) is 0 Å². The number of methoxy groups -OCH3 is 1. The molecular formula is C23H26N4O5. The first-order valence-electron chi connectivity index (χ1n) is 9.88. The second-order valence-corrected chi connectivity index (χ2v) is 7.53. The predicted molar refractivity (Wildman–Crippen MR) is 122 cm³/mol. The topological polar surface area (TPSA) is 120 Å². The first-order valence-corrected chi connectivity index (χ1v) is 9.88. The van der Waals surface area contributed by atoms with Crippen molar-refractivity contribution in [3.8, 4) is 5.75 Å². The molecule has 0 spiro atoms. The summed E-state index contributed by atoms with van der Waals surface area (Å²) in [4.78, 5) is 39.2. The first-order chi connectivity index (χ1) is 15.1. The minimum atomic E-state index is -1.62. The second kappa shape index (κ2) is 8.72. The van der Waals surface area contributed by atoms with Gasteiger partial charge in [0.15, 0.2) is 11.4 Å². The number of likely N-dealkylation sites (N-methyl/N-ethyl adjacent to an activating group) is 1. The highest BCUT2D eigenvalue weighted by Gasteiger charge is 2.50. The molecule has 4 N–H and O–H groups in total. The largest absolute Gasteiger partial charge is 0.497 e. The number of rotatable bonds is 7. The van der Waals surface area contributed by atoms with E-state index >= 15 is 0 Å².